The molecule has 2 N–H and O–H groups in total. The number of hydrogen-bond acceptors (Lipinski definition) is 3. The third kappa shape index (κ3) is 2.89. The fourth-order valence-corrected chi connectivity index (χ4v) is 2.19. The highest BCUT2D eigenvalue weighted by atomic mass is 35.5. The Morgan fingerprint density at radius 2 is 2.12 bits per heavy atom. The Kier molecular flexibility index (Phi) is 4.74. The topological polar surface area (TPSA) is 69.2 Å². The van der Waals surface area contributed by atoms with Crippen LogP contribution in [0.2, 0.25) is 5.02 Å². The first kappa shape index (κ1) is 14.2. The minimum atomic E-state index is -0.399. The van der Waals surface area contributed by atoms with Gasteiger partial charge in [-0.2, -0.15) is 0 Å². The molecule has 0 heterocycles. The summed E-state index contributed by atoms with van der Waals surface area (Å²) in [5, 5.41) is 11.4. The summed E-state index contributed by atoms with van der Waals surface area (Å²) >= 11 is 5.85. The van der Waals surface area contributed by atoms with Gasteiger partial charge in [0.15, 0.2) is 0 Å². The predicted molar refractivity (Wildman–Crippen MR) is 69.6 cm³/mol. The van der Waals surface area contributed by atoms with Crippen LogP contribution < -0.4 is 5.73 Å². The standard InChI is InChI=1S/C11H13ClN2O2.ClH/c12-8-4-5-10(14(15)16)9(6-8)11(13)7-2-1-3-7;/h4-7,11H,1-3,13H2;1H/t11-;/m0./s1. The van der Waals surface area contributed by atoms with Crippen molar-refractivity contribution in [3.63, 3.8) is 0 Å². The average molecular weight is 277 g/mol. The van der Waals surface area contributed by atoms with Crippen molar-refractivity contribution in [2.75, 3.05) is 0 Å². The highest BCUT2D eigenvalue weighted by Gasteiger charge is 2.30. The number of nitrogens with two attached hydrogens (primary N) is 1. The highest BCUT2D eigenvalue weighted by Crippen LogP contribution is 2.39. The molecule has 0 bridgehead atoms. The summed E-state index contributed by atoms with van der Waals surface area (Å²) in [5.41, 5.74) is 6.68. The van der Waals surface area contributed by atoms with Gasteiger partial charge in [0.1, 0.15) is 0 Å². The zero-order valence-corrected chi connectivity index (χ0v) is 10.7. The maximum atomic E-state index is 10.9. The van der Waals surface area contributed by atoms with Crippen molar-refractivity contribution >= 4 is 29.7 Å². The Balaban J connectivity index is 0.00000144. The molecule has 1 fully saturated rings. The molecule has 17 heavy (non-hydrogen) atoms. The van der Waals surface area contributed by atoms with E-state index in [-0.39, 0.29) is 24.1 Å². The molecular weight excluding hydrogens is 263 g/mol. The summed E-state index contributed by atoms with van der Waals surface area (Å²) < 4.78 is 0. The van der Waals surface area contributed by atoms with Gasteiger partial charge < -0.3 is 5.73 Å². The second kappa shape index (κ2) is 5.67. The van der Waals surface area contributed by atoms with Crippen molar-refractivity contribution in [2.24, 2.45) is 11.7 Å². The first-order chi connectivity index (χ1) is 7.59. The van der Waals surface area contributed by atoms with Gasteiger partial charge in [0.2, 0.25) is 0 Å². The molecule has 0 aromatic heterocycles. The van der Waals surface area contributed by atoms with E-state index in [0.717, 1.165) is 19.3 Å². The quantitative estimate of drug-likeness (QED) is 0.679. The number of rotatable bonds is 3. The van der Waals surface area contributed by atoms with E-state index in [9.17, 15) is 10.1 Å². The van der Waals surface area contributed by atoms with Gasteiger partial charge in [0.05, 0.1) is 4.92 Å². The number of nitrogens with zero attached hydrogens (tertiary/aromatic N) is 1. The van der Waals surface area contributed by atoms with Crippen molar-refractivity contribution in [1.82, 2.24) is 0 Å². The Morgan fingerprint density at radius 1 is 1.47 bits per heavy atom. The number of nitro benzene ring substituents is 1. The van der Waals surface area contributed by atoms with Gasteiger partial charge in [-0.05, 0) is 30.9 Å². The summed E-state index contributed by atoms with van der Waals surface area (Å²) in [4.78, 5) is 10.5. The lowest BCUT2D eigenvalue weighted by Crippen LogP contribution is -2.27. The average Bonchev–Trinajstić information content (AvgIpc) is 2.14. The first-order valence-corrected chi connectivity index (χ1v) is 5.67. The van der Waals surface area contributed by atoms with Crippen LogP contribution in [0.4, 0.5) is 5.69 Å². The number of benzene rings is 1. The molecule has 0 amide bonds. The van der Waals surface area contributed by atoms with Gasteiger partial charge in [0, 0.05) is 22.7 Å². The molecule has 0 saturated heterocycles. The Hall–Kier alpha value is -0.840. The maximum Gasteiger partial charge on any atom is 0.274 e. The smallest absolute Gasteiger partial charge is 0.274 e. The fraction of sp³-hybridized carbons (Fsp3) is 0.455. The zero-order chi connectivity index (χ0) is 11.7. The summed E-state index contributed by atoms with van der Waals surface area (Å²) in [6, 6.07) is 4.29. The van der Waals surface area contributed by atoms with E-state index in [4.69, 9.17) is 17.3 Å². The normalized spacial score (nSPS) is 16.8. The third-order valence-corrected chi connectivity index (χ3v) is 3.44. The number of nitro groups is 1. The van der Waals surface area contributed by atoms with E-state index in [1.165, 1.54) is 12.1 Å². The van der Waals surface area contributed by atoms with E-state index in [2.05, 4.69) is 0 Å². The van der Waals surface area contributed by atoms with Gasteiger partial charge >= 0.3 is 0 Å². The molecule has 1 atom stereocenters. The minimum Gasteiger partial charge on any atom is -0.324 e. The summed E-state index contributed by atoms with van der Waals surface area (Å²) in [6.07, 6.45) is 3.25. The molecule has 1 aliphatic rings. The largest absolute Gasteiger partial charge is 0.324 e. The second-order valence-electron chi connectivity index (χ2n) is 4.18. The number of halogens is 2. The van der Waals surface area contributed by atoms with Gasteiger partial charge in [-0.1, -0.05) is 18.0 Å². The molecule has 2 rings (SSSR count). The van der Waals surface area contributed by atoms with E-state index in [1.807, 2.05) is 0 Å². The highest BCUT2D eigenvalue weighted by molar-refractivity contribution is 6.30. The number of hydrogen-bond donors (Lipinski definition) is 1. The van der Waals surface area contributed by atoms with Crippen molar-refractivity contribution in [3.05, 3.63) is 38.9 Å². The monoisotopic (exact) mass is 276 g/mol. The van der Waals surface area contributed by atoms with E-state index in [1.54, 1.807) is 6.07 Å². The molecule has 1 aliphatic carbocycles. The van der Waals surface area contributed by atoms with Crippen LogP contribution in [0.25, 0.3) is 0 Å². The van der Waals surface area contributed by atoms with Gasteiger partial charge in [-0.15, -0.1) is 12.4 Å². The van der Waals surface area contributed by atoms with E-state index < -0.39 is 4.92 Å². The van der Waals surface area contributed by atoms with Crippen LogP contribution in [0.15, 0.2) is 18.2 Å². The van der Waals surface area contributed by atoms with Crippen molar-refractivity contribution in [2.45, 2.75) is 25.3 Å². The maximum absolute atomic E-state index is 10.9. The van der Waals surface area contributed by atoms with Crippen LogP contribution in [0.3, 0.4) is 0 Å². The molecule has 0 spiro atoms. The van der Waals surface area contributed by atoms with Crippen molar-refractivity contribution in [3.8, 4) is 0 Å². The Bertz CT molecular complexity index is 422. The van der Waals surface area contributed by atoms with Crippen LogP contribution in [-0.2, 0) is 0 Å². The van der Waals surface area contributed by atoms with Crippen LogP contribution in [0, 0.1) is 16.0 Å². The van der Waals surface area contributed by atoms with E-state index >= 15 is 0 Å². The molecule has 6 heteroatoms. The molecule has 94 valence electrons. The van der Waals surface area contributed by atoms with Crippen molar-refractivity contribution in [1.29, 1.82) is 0 Å². The fourth-order valence-electron chi connectivity index (χ4n) is 2.01. The Morgan fingerprint density at radius 3 is 2.59 bits per heavy atom. The lowest BCUT2D eigenvalue weighted by atomic mass is 9.77. The van der Waals surface area contributed by atoms with Crippen LogP contribution in [-0.4, -0.2) is 4.92 Å². The summed E-state index contributed by atoms with van der Waals surface area (Å²) in [7, 11) is 0. The zero-order valence-electron chi connectivity index (χ0n) is 9.14. The van der Waals surface area contributed by atoms with Crippen LogP contribution in [0.1, 0.15) is 30.9 Å². The molecule has 1 aromatic rings. The Labute approximate surface area is 111 Å². The lowest BCUT2D eigenvalue weighted by Gasteiger charge is -2.31. The molecule has 0 unspecified atom stereocenters. The van der Waals surface area contributed by atoms with E-state index in [0.29, 0.717) is 16.5 Å². The molecule has 1 saturated carbocycles. The third-order valence-electron chi connectivity index (χ3n) is 3.20. The molecular formula is C11H14Cl2N2O2. The van der Waals surface area contributed by atoms with Gasteiger partial charge in [-0.3, -0.25) is 10.1 Å². The minimum absolute atomic E-state index is 0. The summed E-state index contributed by atoms with van der Waals surface area (Å²) in [6.45, 7) is 0. The van der Waals surface area contributed by atoms with Crippen LogP contribution in [0.5, 0.6) is 0 Å². The van der Waals surface area contributed by atoms with Gasteiger partial charge in [-0.25, -0.2) is 0 Å². The SMILES string of the molecule is Cl.N[C@H](c1cc(Cl)ccc1[N+](=O)[O-])C1CCC1. The molecule has 4 nitrogen and oxygen atoms in total. The first-order valence-electron chi connectivity index (χ1n) is 5.29. The predicted octanol–water partition coefficient (Wildman–Crippen LogP) is 3.47. The lowest BCUT2D eigenvalue weighted by molar-refractivity contribution is -0.385. The van der Waals surface area contributed by atoms with Gasteiger partial charge in [0.25, 0.3) is 5.69 Å². The van der Waals surface area contributed by atoms with Crippen LogP contribution >= 0.6 is 24.0 Å². The molecule has 0 radical (unpaired) electrons. The summed E-state index contributed by atoms with van der Waals surface area (Å²) in [5.74, 6) is 0.358. The van der Waals surface area contributed by atoms with Crippen molar-refractivity contribution < 1.29 is 4.92 Å². The second-order valence-corrected chi connectivity index (χ2v) is 4.61. The molecule has 0 aliphatic heterocycles. The molecule has 1 aromatic carbocycles.